The summed E-state index contributed by atoms with van der Waals surface area (Å²) in [7, 11) is 0. The summed E-state index contributed by atoms with van der Waals surface area (Å²) < 4.78 is 11.9. The molecule has 1 aromatic rings. The van der Waals surface area contributed by atoms with Crippen LogP contribution in [0.25, 0.3) is 0 Å². The van der Waals surface area contributed by atoms with Crippen LogP contribution in [0.4, 0.5) is 11.4 Å². The number of ether oxygens (including phenoxy) is 2. The van der Waals surface area contributed by atoms with E-state index in [9.17, 15) is 20.2 Å². The van der Waals surface area contributed by atoms with Gasteiger partial charge in [-0.3, -0.25) is 30.1 Å². The summed E-state index contributed by atoms with van der Waals surface area (Å²) in [6.07, 6.45) is 4.94. The van der Waals surface area contributed by atoms with Gasteiger partial charge in [-0.1, -0.05) is 11.8 Å². The molecule has 0 N–H and O–H groups in total. The number of benzene rings is 1. The first-order valence-electron chi connectivity index (χ1n) is 9.16. The number of hydrogen-bond acceptors (Lipinski definition) is 9. The van der Waals surface area contributed by atoms with E-state index in [4.69, 9.17) is 9.47 Å². The van der Waals surface area contributed by atoms with Crippen molar-refractivity contribution < 1.29 is 19.3 Å². The number of fused-ring (bicyclic) bond motifs is 1. The summed E-state index contributed by atoms with van der Waals surface area (Å²) in [6, 6.07) is 2.34. The maximum atomic E-state index is 11.4. The molecule has 0 aliphatic carbocycles. The first-order valence-corrected chi connectivity index (χ1v) is 10.0. The molecule has 0 amide bonds. The smallest absolute Gasteiger partial charge is 0.290 e. The lowest BCUT2D eigenvalue weighted by Gasteiger charge is -2.42. The number of piperidine rings is 1. The molecule has 3 aliphatic heterocycles. The monoisotopic (exact) mass is 408 g/mol. The number of nitro benzene ring substituents is 2. The molecule has 1 spiro atoms. The molecule has 28 heavy (non-hydrogen) atoms. The Morgan fingerprint density at radius 1 is 1.11 bits per heavy atom. The molecule has 4 rings (SSSR count). The minimum absolute atomic E-state index is 0.255. The van der Waals surface area contributed by atoms with Crippen molar-refractivity contribution in [2.24, 2.45) is 4.99 Å². The number of nitrogens with zero attached hydrogens (tertiary/aromatic N) is 4. The molecule has 0 radical (unpaired) electrons. The Bertz CT molecular complexity index is 814. The van der Waals surface area contributed by atoms with E-state index in [0.29, 0.717) is 36.8 Å². The lowest BCUT2D eigenvalue weighted by Crippen LogP contribution is -2.49. The van der Waals surface area contributed by atoms with Crippen LogP contribution in [0.3, 0.4) is 0 Å². The Balaban J connectivity index is 1.51. The summed E-state index contributed by atoms with van der Waals surface area (Å²) in [5.74, 6) is -0.527. The first-order chi connectivity index (χ1) is 13.5. The molecular formula is C17H20N4O6S. The molecule has 0 aromatic heterocycles. The van der Waals surface area contributed by atoms with Crippen LogP contribution in [0.5, 0.6) is 0 Å². The highest BCUT2D eigenvalue weighted by atomic mass is 32.2. The Labute approximate surface area is 165 Å². The second-order valence-corrected chi connectivity index (χ2v) is 8.04. The fraction of sp³-hybridized carbons (Fsp3) is 0.588. The van der Waals surface area contributed by atoms with Gasteiger partial charge in [0.2, 0.25) is 0 Å². The Morgan fingerprint density at radius 3 is 2.39 bits per heavy atom. The topological polar surface area (TPSA) is 120 Å². The van der Waals surface area contributed by atoms with E-state index in [-0.39, 0.29) is 16.9 Å². The van der Waals surface area contributed by atoms with Crippen molar-refractivity contribution in [1.82, 2.24) is 4.90 Å². The van der Waals surface area contributed by atoms with Gasteiger partial charge < -0.3 is 9.47 Å². The second-order valence-electron chi connectivity index (χ2n) is 6.97. The van der Waals surface area contributed by atoms with Crippen LogP contribution in [-0.2, 0) is 9.47 Å². The fourth-order valence-electron chi connectivity index (χ4n) is 3.67. The number of aliphatic imine (C=N–C) groups is 1. The van der Waals surface area contributed by atoms with E-state index >= 15 is 0 Å². The summed E-state index contributed by atoms with van der Waals surface area (Å²) in [4.78, 5) is 28.3. The van der Waals surface area contributed by atoms with Gasteiger partial charge >= 0.3 is 0 Å². The van der Waals surface area contributed by atoms with E-state index in [0.717, 1.165) is 31.7 Å². The molecule has 3 aliphatic rings. The van der Waals surface area contributed by atoms with Crippen LogP contribution in [0.2, 0.25) is 0 Å². The average Bonchev–Trinajstić information content (AvgIpc) is 2.92. The van der Waals surface area contributed by atoms with Gasteiger partial charge in [-0.15, -0.1) is 0 Å². The van der Waals surface area contributed by atoms with Gasteiger partial charge in [0.1, 0.15) is 0 Å². The van der Waals surface area contributed by atoms with Crippen molar-refractivity contribution in [1.29, 1.82) is 0 Å². The molecule has 2 fully saturated rings. The molecule has 0 bridgehead atoms. The van der Waals surface area contributed by atoms with Gasteiger partial charge in [-0.2, -0.15) is 0 Å². The minimum atomic E-state index is -0.630. The number of non-ortho nitro benzene ring substituents is 1. The SMILES string of the molecule is O=[N+]([O-])c1cc2c(c([N+](=O)[O-])c1)SC(N1CCC3(CC1)OCCCCO3)N=C2. The molecule has 2 saturated heterocycles. The number of likely N-dealkylation sites (tertiary alicyclic amines) is 1. The van der Waals surface area contributed by atoms with Gasteiger partial charge in [0, 0.05) is 43.8 Å². The highest BCUT2D eigenvalue weighted by Crippen LogP contribution is 2.42. The standard InChI is InChI=1S/C17H20N4O6S/c22-20(23)13-9-12-11-18-16(28-15(12)14(10-13)21(24)25)19-5-3-17(4-6-19)26-7-1-2-8-27-17/h9-11,16H,1-8H2. The number of thioether (sulfide) groups is 1. The van der Waals surface area contributed by atoms with Crippen LogP contribution < -0.4 is 0 Å². The quantitative estimate of drug-likeness (QED) is 0.553. The highest BCUT2D eigenvalue weighted by Gasteiger charge is 2.40. The molecule has 150 valence electrons. The molecule has 0 saturated carbocycles. The van der Waals surface area contributed by atoms with Gasteiger partial charge in [-0.25, -0.2) is 0 Å². The van der Waals surface area contributed by atoms with Crippen molar-refractivity contribution in [3.05, 3.63) is 37.9 Å². The van der Waals surface area contributed by atoms with E-state index in [1.807, 2.05) is 0 Å². The minimum Gasteiger partial charge on any atom is -0.350 e. The second kappa shape index (κ2) is 7.74. The molecule has 1 unspecified atom stereocenters. The number of nitro groups is 2. The Morgan fingerprint density at radius 2 is 1.79 bits per heavy atom. The first kappa shape index (κ1) is 19.2. The average molecular weight is 408 g/mol. The maximum absolute atomic E-state index is 11.4. The lowest BCUT2D eigenvalue weighted by molar-refractivity contribution is -0.396. The van der Waals surface area contributed by atoms with E-state index in [2.05, 4.69) is 9.89 Å². The highest BCUT2D eigenvalue weighted by molar-refractivity contribution is 8.00. The van der Waals surface area contributed by atoms with Crippen molar-refractivity contribution in [2.75, 3.05) is 26.3 Å². The zero-order valence-electron chi connectivity index (χ0n) is 15.1. The van der Waals surface area contributed by atoms with Crippen LogP contribution >= 0.6 is 11.8 Å². The third-order valence-corrected chi connectivity index (χ3v) is 6.51. The van der Waals surface area contributed by atoms with Gasteiger partial charge in [0.25, 0.3) is 11.4 Å². The predicted octanol–water partition coefficient (Wildman–Crippen LogP) is 2.93. The van der Waals surface area contributed by atoms with Crippen LogP contribution in [0, 0.1) is 20.2 Å². The van der Waals surface area contributed by atoms with Gasteiger partial charge in [0.05, 0.1) is 34.0 Å². The summed E-state index contributed by atoms with van der Waals surface area (Å²) >= 11 is 1.26. The summed E-state index contributed by atoms with van der Waals surface area (Å²) in [6.45, 7) is 2.81. The van der Waals surface area contributed by atoms with Crippen LogP contribution in [-0.4, -0.2) is 58.5 Å². The molecule has 10 nitrogen and oxygen atoms in total. The zero-order chi connectivity index (χ0) is 19.7. The normalized spacial score (nSPS) is 24.5. The van der Waals surface area contributed by atoms with E-state index < -0.39 is 15.6 Å². The summed E-state index contributed by atoms with van der Waals surface area (Å²) in [5, 5.41) is 22.5. The Kier molecular flexibility index (Phi) is 5.32. The van der Waals surface area contributed by atoms with Crippen molar-refractivity contribution in [3.8, 4) is 0 Å². The molecule has 1 atom stereocenters. The van der Waals surface area contributed by atoms with Crippen LogP contribution in [0.1, 0.15) is 31.2 Å². The largest absolute Gasteiger partial charge is 0.350 e. The van der Waals surface area contributed by atoms with Crippen molar-refractivity contribution in [3.63, 3.8) is 0 Å². The van der Waals surface area contributed by atoms with Crippen molar-refractivity contribution in [2.45, 2.75) is 41.9 Å². The number of rotatable bonds is 3. The van der Waals surface area contributed by atoms with E-state index in [1.54, 1.807) is 0 Å². The lowest BCUT2D eigenvalue weighted by atomic mass is 10.0. The molecule has 1 aromatic carbocycles. The molecule has 11 heteroatoms. The zero-order valence-corrected chi connectivity index (χ0v) is 15.9. The summed E-state index contributed by atoms with van der Waals surface area (Å²) in [5.41, 5.74) is -0.463. The van der Waals surface area contributed by atoms with Gasteiger partial charge in [0.15, 0.2) is 11.3 Å². The van der Waals surface area contributed by atoms with Gasteiger partial charge in [-0.05, 0) is 12.8 Å². The third-order valence-electron chi connectivity index (χ3n) is 5.20. The van der Waals surface area contributed by atoms with Crippen LogP contribution in [0.15, 0.2) is 22.0 Å². The Hall–Kier alpha value is -2.08. The molecular weight excluding hydrogens is 388 g/mol. The molecule has 3 heterocycles. The predicted molar refractivity (Wildman–Crippen MR) is 102 cm³/mol. The third kappa shape index (κ3) is 3.75. The fourth-order valence-corrected chi connectivity index (χ4v) is 4.86. The number of hydrogen-bond donors (Lipinski definition) is 0. The van der Waals surface area contributed by atoms with Crippen molar-refractivity contribution >= 4 is 29.4 Å². The van der Waals surface area contributed by atoms with E-state index in [1.165, 1.54) is 24.0 Å². The maximum Gasteiger partial charge on any atom is 0.290 e.